The van der Waals surface area contributed by atoms with Gasteiger partial charge < -0.3 is 4.74 Å². The largest absolute Gasteiger partial charge is 0.486 e. The third-order valence-corrected chi connectivity index (χ3v) is 3.14. The van der Waals surface area contributed by atoms with Crippen molar-refractivity contribution in [3.05, 3.63) is 34.8 Å². The molecule has 9 heteroatoms. The molecule has 0 aliphatic heterocycles. The van der Waals surface area contributed by atoms with E-state index in [4.69, 9.17) is 4.74 Å². The van der Waals surface area contributed by atoms with E-state index in [2.05, 4.69) is 10.2 Å². The molecule has 0 aliphatic carbocycles. The minimum atomic E-state index is -4.95. The molecule has 21 heavy (non-hydrogen) atoms. The third-order valence-electron chi connectivity index (χ3n) is 2.33. The lowest BCUT2D eigenvalue weighted by Crippen LogP contribution is -2.29. The Balaban J connectivity index is 1.91. The van der Waals surface area contributed by atoms with E-state index in [1.54, 1.807) is 17.4 Å². The van der Waals surface area contributed by atoms with Crippen LogP contribution in [0.15, 0.2) is 24.3 Å². The van der Waals surface area contributed by atoms with Crippen LogP contribution in [0.25, 0.3) is 0 Å². The summed E-state index contributed by atoms with van der Waals surface area (Å²) in [5.74, 6) is -1.47. The van der Waals surface area contributed by atoms with Crippen molar-refractivity contribution >= 4 is 22.4 Å². The topological polar surface area (TPSA) is 64.1 Å². The molecule has 1 N–H and O–H groups in total. The molecule has 2 aromatic rings. The second-order valence-electron chi connectivity index (χ2n) is 4.05. The summed E-state index contributed by atoms with van der Waals surface area (Å²) in [6, 6.07) is 7.26. The molecule has 0 fully saturated rings. The third kappa shape index (κ3) is 4.42. The van der Waals surface area contributed by atoms with Crippen LogP contribution in [0.2, 0.25) is 0 Å². The van der Waals surface area contributed by atoms with Gasteiger partial charge in [0.05, 0.1) is 0 Å². The molecule has 2 rings (SSSR count). The van der Waals surface area contributed by atoms with Gasteiger partial charge in [-0.15, -0.1) is 10.2 Å². The van der Waals surface area contributed by atoms with Crippen molar-refractivity contribution in [3.63, 3.8) is 0 Å². The number of halogens is 3. The first-order valence-electron chi connectivity index (χ1n) is 5.74. The number of nitrogens with one attached hydrogen (secondary N) is 1. The summed E-state index contributed by atoms with van der Waals surface area (Å²) in [5, 5.41) is 8.86. The van der Waals surface area contributed by atoms with E-state index >= 15 is 0 Å². The minimum absolute atomic E-state index is 0.0582. The van der Waals surface area contributed by atoms with Crippen LogP contribution in [0.1, 0.15) is 10.6 Å². The van der Waals surface area contributed by atoms with Gasteiger partial charge in [0, 0.05) is 0 Å². The van der Waals surface area contributed by atoms with Gasteiger partial charge in [-0.25, -0.2) is 0 Å². The predicted octanol–water partition coefficient (Wildman–Crippen LogP) is 2.93. The molecule has 0 radical (unpaired) electrons. The molecule has 0 unspecified atom stereocenters. The van der Waals surface area contributed by atoms with E-state index in [9.17, 15) is 18.0 Å². The van der Waals surface area contributed by atoms with Crippen molar-refractivity contribution < 1.29 is 22.7 Å². The van der Waals surface area contributed by atoms with Crippen molar-refractivity contribution in [2.45, 2.75) is 19.7 Å². The Morgan fingerprint density at radius 3 is 2.57 bits per heavy atom. The predicted molar refractivity (Wildman–Crippen MR) is 70.1 cm³/mol. The van der Waals surface area contributed by atoms with Crippen LogP contribution in [0.5, 0.6) is 5.75 Å². The quantitative estimate of drug-likeness (QED) is 0.942. The summed E-state index contributed by atoms with van der Waals surface area (Å²) >= 11 is 0.821. The minimum Gasteiger partial charge on any atom is -0.486 e. The Labute approximate surface area is 121 Å². The van der Waals surface area contributed by atoms with Crippen LogP contribution < -0.4 is 10.1 Å². The first-order valence-corrected chi connectivity index (χ1v) is 6.56. The standard InChI is InChI=1S/C12H10F3N3O2S/c1-7-2-4-8(5-3-7)20-6-9-17-18-11(21-9)16-10(19)12(13,14)15/h2-5H,6H2,1H3,(H,16,18,19). The summed E-state index contributed by atoms with van der Waals surface area (Å²) < 4.78 is 41.6. The molecular weight excluding hydrogens is 307 g/mol. The number of rotatable bonds is 4. The Morgan fingerprint density at radius 2 is 1.95 bits per heavy atom. The van der Waals surface area contributed by atoms with Gasteiger partial charge in [0.15, 0.2) is 5.01 Å². The molecule has 0 aliphatic rings. The number of ether oxygens (including phenoxy) is 1. The zero-order valence-electron chi connectivity index (χ0n) is 10.8. The van der Waals surface area contributed by atoms with Crippen LogP contribution in [-0.2, 0) is 11.4 Å². The molecule has 1 aromatic carbocycles. The maximum Gasteiger partial charge on any atom is 0.471 e. The van der Waals surface area contributed by atoms with Gasteiger partial charge >= 0.3 is 12.1 Å². The number of hydrogen-bond donors (Lipinski definition) is 1. The summed E-state index contributed by atoms with van der Waals surface area (Å²) in [5.41, 5.74) is 1.08. The second kappa shape index (κ2) is 6.08. The number of alkyl halides is 3. The van der Waals surface area contributed by atoms with E-state index in [0.29, 0.717) is 10.8 Å². The lowest BCUT2D eigenvalue weighted by molar-refractivity contribution is -0.167. The fraction of sp³-hybridized carbons (Fsp3) is 0.250. The maximum absolute atomic E-state index is 12.1. The lowest BCUT2D eigenvalue weighted by atomic mass is 10.2. The Hall–Kier alpha value is -2.16. The number of benzene rings is 1. The van der Waals surface area contributed by atoms with E-state index in [-0.39, 0.29) is 11.7 Å². The fourth-order valence-corrected chi connectivity index (χ4v) is 1.96. The van der Waals surface area contributed by atoms with Gasteiger partial charge in [0.1, 0.15) is 12.4 Å². The number of carbonyl (C=O) groups is 1. The summed E-state index contributed by atoms with van der Waals surface area (Å²) in [4.78, 5) is 10.7. The molecule has 0 spiro atoms. The van der Waals surface area contributed by atoms with Gasteiger partial charge in [-0.3, -0.25) is 10.1 Å². The molecule has 1 amide bonds. The van der Waals surface area contributed by atoms with Crippen LogP contribution in [0.3, 0.4) is 0 Å². The summed E-state index contributed by atoms with van der Waals surface area (Å²) in [7, 11) is 0. The molecule has 0 bridgehead atoms. The van der Waals surface area contributed by atoms with Crippen molar-refractivity contribution in [1.29, 1.82) is 0 Å². The number of hydrogen-bond acceptors (Lipinski definition) is 5. The number of carbonyl (C=O) groups excluding carboxylic acids is 1. The van der Waals surface area contributed by atoms with Gasteiger partial charge in [-0.2, -0.15) is 13.2 Å². The molecule has 0 saturated carbocycles. The van der Waals surface area contributed by atoms with Gasteiger partial charge in [0.2, 0.25) is 5.13 Å². The van der Waals surface area contributed by atoms with E-state index in [0.717, 1.165) is 16.9 Å². The van der Waals surface area contributed by atoms with Gasteiger partial charge in [-0.1, -0.05) is 29.0 Å². The van der Waals surface area contributed by atoms with Gasteiger partial charge in [-0.05, 0) is 19.1 Å². The fourth-order valence-electron chi connectivity index (χ4n) is 1.31. The van der Waals surface area contributed by atoms with Crippen LogP contribution in [-0.4, -0.2) is 22.3 Å². The zero-order chi connectivity index (χ0) is 15.5. The first kappa shape index (κ1) is 15.2. The highest BCUT2D eigenvalue weighted by Crippen LogP contribution is 2.22. The Morgan fingerprint density at radius 1 is 1.29 bits per heavy atom. The molecule has 112 valence electrons. The average Bonchev–Trinajstić information content (AvgIpc) is 2.85. The zero-order valence-corrected chi connectivity index (χ0v) is 11.6. The van der Waals surface area contributed by atoms with E-state index in [1.807, 2.05) is 19.1 Å². The highest BCUT2D eigenvalue weighted by molar-refractivity contribution is 7.15. The summed E-state index contributed by atoms with van der Waals surface area (Å²) in [6.45, 7) is 1.99. The molecule has 0 saturated heterocycles. The molecular formula is C12H10F3N3O2S. The first-order chi connectivity index (χ1) is 9.84. The maximum atomic E-state index is 12.1. The smallest absolute Gasteiger partial charge is 0.471 e. The van der Waals surface area contributed by atoms with Crippen molar-refractivity contribution in [1.82, 2.24) is 10.2 Å². The highest BCUT2D eigenvalue weighted by atomic mass is 32.1. The molecule has 1 heterocycles. The average molecular weight is 317 g/mol. The second-order valence-corrected chi connectivity index (χ2v) is 5.12. The van der Waals surface area contributed by atoms with Gasteiger partial charge in [0.25, 0.3) is 0 Å². The number of nitrogens with zero attached hydrogens (tertiary/aromatic N) is 2. The lowest BCUT2D eigenvalue weighted by Gasteiger charge is -2.04. The SMILES string of the molecule is Cc1ccc(OCc2nnc(NC(=O)C(F)(F)F)s2)cc1. The van der Waals surface area contributed by atoms with Crippen LogP contribution in [0.4, 0.5) is 18.3 Å². The van der Waals surface area contributed by atoms with Crippen LogP contribution in [0, 0.1) is 6.92 Å². The summed E-state index contributed by atoms with van der Waals surface area (Å²) in [6.07, 6.45) is -4.95. The van der Waals surface area contributed by atoms with Crippen molar-refractivity contribution in [2.75, 3.05) is 5.32 Å². The Bertz CT molecular complexity index is 625. The number of aromatic nitrogens is 2. The van der Waals surface area contributed by atoms with E-state index < -0.39 is 12.1 Å². The highest BCUT2D eigenvalue weighted by Gasteiger charge is 2.39. The van der Waals surface area contributed by atoms with Crippen LogP contribution >= 0.6 is 11.3 Å². The number of aryl methyl sites for hydroxylation is 1. The monoisotopic (exact) mass is 317 g/mol. The van der Waals surface area contributed by atoms with E-state index in [1.165, 1.54) is 0 Å². The number of amides is 1. The van der Waals surface area contributed by atoms with Crippen molar-refractivity contribution in [2.24, 2.45) is 0 Å². The molecule has 0 atom stereocenters. The number of anilines is 1. The normalized spacial score (nSPS) is 11.2. The Kier molecular flexibility index (Phi) is 4.41. The van der Waals surface area contributed by atoms with Crippen molar-refractivity contribution in [3.8, 4) is 5.75 Å². The molecule has 5 nitrogen and oxygen atoms in total. The molecule has 1 aromatic heterocycles.